The maximum absolute atomic E-state index is 12.4. The number of benzene rings is 2. The second-order valence-electron chi connectivity index (χ2n) is 4.16. The van der Waals surface area contributed by atoms with Crippen LogP contribution in [0.25, 0.3) is 10.8 Å². The van der Waals surface area contributed by atoms with Crippen molar-refractivity contribution < 1.29 is 8.42 Å². The number of nitrogens with two attached hydrogens (primary N) is 1. The predicted octanol–water partition coefficient (Wildman–Crippen LogP) is 1.59. The molecule has 2 aromatic carbocycles. The van der Waals surface area contributed by atoms with E-state index in [1.54, 1.807) is 24.3 Å². The minimum absolute atomic E-state index is 0.0772. The lowest BCUT2D eigenvalue weighted by molar-refractivity contribution is 0.593. The van der Waals surface area contributed by atoms with E-state index in [1.165, 1.54) is 6.07 Å². The van der Waals surface area contributed by atoms with E-state index < -0.39 is 10.0 Å². The zero-order chi connectivity index (χ0) is 14.8. The largest absolute Gasteiger partial charge is 0.398 e. The number of nitrogens with one attached hydrogen (secondary N) is 2. The van der Waals surface area contributed by atoms with Gasteiger partial charge in [-0.2, -0.15) is 0 Å². The Hall–Kier alpha value is -1.86. The molecule has 0 aliphatic rings. The Morgan fingerprint density at radius 2 is 1.85 bits per heavy atom. The van der Waals surface area contributed by atoms with Crippen LogP contribution in [0.3, 0.4) is 0 Å². The van der Waals surface area contributed by atoms with Gasteiger partial charge >= 0.3 is 0 Å². The van der Waals surface area contributed by atoms with E-state index in [4.69, 9.17) is 18.0 Å². The highest BCUT2D eigenvalue weighted by atomic mass is 32.2. The summed E-state index contributed by atoms with van der Waals surface area (Å²) in [5.74, 6) is 0. The normalized spacial score (nSPS) is 11.2. The molecule has 7 heteroatoms. The van der Waals surface area contributed by atoms with Crippen LogP contribution in [0, 0.1) is 0 Å². The summed E-state index contributed by atoms with van der Waals surface area (Å²) in [6.07, 6.45) is 0. The van der Waals surface area contributed by atoms with Crippen LogP contribution in [-0.4, -0.2) is 20.1 Å². The van der Waals surface area contributed by atoms with Crippen LogP contribution in [0.5, 0.6) is 0 Å². The Kier molecular flexibility index (Phi) is 4.10. The third kappa shape index (κ3) is 2.83. The third-order valence-corrected chi connectivity index (χ3v) is 4.56. The lowest BCUT2D eigenvalue weighted by Crippen LogP contribution is -2.39. The average Bonchev–Trinajstić information content (AvgIpc) is 2.38. The van der Waals surface area contributed by atoms with E-state index in [0.717, 1.165) is 0 Å². The summed E-state index contributed by atoms with van der Waals surface area (Å²) in [6.45, 7) is 2.38. The number of nitrogen functional groups attached to an aromatic ring is 1. The van der Waals surface area contributed by atoms with Crippen LogP contribution in [-0.2, 0) is 10.0 Å². The van der Waals surface area contributed by atoms with E-state index in [2.05, 4.69) is 10.0 Å². The molecule has 0 bridgehead atoms. The summed E-state index contributed by atoms with van der Waals surface area (Å²) < 4.78 is 27.1. The highest BCUT2D eigenvalue weighted by Gasteiger charge is 2.19. The van der Waals surface area contributed by atoms with Gasteiger partial charge in [-0.15, -0.1) is 0 Å². The third-order valence-electron chi connectivity index (χ3n) is 2.77. The molecule has 0 aliphatic carbocycles. The number of rotatable bonds is 3. The van der Waals surface area contributed by atoms with Crippen molar-refractivity contribution in [2.75, 3.05) is 12.3 Å². The van der Waals surface area contributed by atoms with E-state index in [0.29, 0.717) is 23.0 Å². The highest BCUT2D eigenvalue weighted by molar-refractivity contribution is 7.92. The fourth-order valence-corrected chi connectivity index (χ4v) is 3.52. The van der Waals surface area contributed by atoms with Crippen molar-refractivity contribution in [2.24, 2.45) is 0 Å². The Bertz CT molecular complexity index is 757. The molecule has 0 fully saturated rings. The number of hydrogen-bond donors (Lipinski definition) is 3. The molecule has 0 heterocycles. The van der Waals surface area contributed by atoms with E-state index in [9.17, 15) is 8.42 Å². The fourth-order valence-electron chi connectivity index (χ4n) is 1.90. The van der Waals surface area contributed by atoms with E-state index in [-0.39, 0.29) is 10.0 Å². The van der Waals surface area contributed by atoms with Crippen LogP contribution in [0.15, 0.2) is 41.3 Å². The number of thiocarbonyl (C=S) groups is 1. The molecule has 5 nitrogen and oxygen atoms in total. The van der Waals surface area contributed by atoms with Crippen LogP contribution >= 0.6 is 12.2 Å². The summed E-state index contributed by atoms with van der Waals surface area (Å²) in [4.78, 5) is 0.155. The van der Waals surface area contributed by atoms with Gasteiger partial charge in [0.15, 0.2) is 5.11 Å². The fraction of sp³-hybridized carbons (Fsp3) is 0.154. The van der Waals surface area contributed by atoms with Gasteiger partial charge in [-0.3, -0.25) is 4.72 Å². The summed E-state index contributed by atoms with van der Waals surface area (Å²) in [7, 11) is -3.73. The quantitative estimate of drug-likeness (QED) is 0.592. The first-order valence-corrected chi connectivity index (χ1v) is 7.92. The average molecular weight is 309 g/mol. The first-order valence-electron chi connectivity index (χ1n) is 6.03. The standard InChI is InChI=1S/C13H15N3O2S2/c1-2-15-13(19)16-20(17,18)12-8-7-11(14)9-5-3-4-6-10(9)12/h3-8H,2,14H2,1H3,(H2,15,16,19). The molecule has 0 spiro atoms. The summed E-state index contributed by atoms with van der Waals surface area (Å²) >= 11 is 4.92. The van der Waals surface area contributed by atoms with Crippen molar-refractivity contribution in [1.29, 1.82) is 0 Å². The number of hydrogen-bond acceptors (Lipinski definition) is 4. The molecule has 20 heavy (non-hydrogen) atoms. The molecule has 0 amide bonds. The molecule has 0 saturated heterocycles. The number of fused-ring (bicyclic) bond motifs is 1. The maximum Gasteiger partial charge on any atom is 0.264 e. The van der Waals surface area contributed by atoms with Crippen molar-refractivity contribution in [1.82, 2.24) is 10.0 Å². The smallest absolute Gasteiger partial charge is 0.264 e. The molecule has 0 aromatic heterocycles. The zero-order valence-electron chi connectivity index (χ0n) is 10.9. The Morgan fingerprint density at radius 3 is 2.50 bits per heavy atom. The number of anilines is 1. The van der Waals surface area contributed by atoms with Crippen molar-refractivity contribution in [2.45, 2.75) is 11.8 Å². The van der Waals surface area contributed by atoms with Crippen LogP contribution in [0.2, 0.25) is 0 Å². The summed E-state index contributed by atoms with van der Waals surface area (Å²) in [6, 6.07) is 10.1. The lowest BCUT2D eigenvalue weighted by atomic mass is 10.1. The highest BCUT2D eigenvalue weighted by Crippen LogP contribution is 2.27. The van der Waals surface area contributed by atoms with Crippen molar-refractivity contribution in [3.63, 3.8) is 0 Å². The van der Waals surface area contributed by atoms with Crippen molar-refractivity contribution in [3.8, 4) is 0 Å². The molecule has 0 aliphatic heterocycles. The molecule has 0 atom stereocenters. The minimum atomic E-state index is -3.73. The van der Waals surface area contributed by atoms with Crippen molar-refractivity contribution in [3.05, 3.63) is 36.4 Å². The minimum Gasteiger partial charge on any atom is -0.398 e. The van der Waals surface area contributed by atoms with Crippen LogP contribution in [0.1, 0.15) is 6.92 Å². The molecule has 2 aromatic rings. The Balaban J connectivity index is 2.53. The molecule has 0 saturated carbocycles. The zero-order valence-corrected chi connectivity index (χ0v) is 12.5. The summed E-state index contributed by atoms with van der Waals surface area (Å²) in [5, 5.41) is 4.09. The van der Waals surface area contributed by atoms with Gasteiger partial charge in [-0.25, -0.2) is 8.42 Å². The van der Waals surface area contributed by atoms with E-state index >= 15 is 0 Å². The van der Waals surface area contributed by atoms with Gasteiger partial charge in [0.2, 0.25) is 0 Å². The van der Waals surface area contributed by atoms with Gasteiger partial charge < -0.3 is 11.1 Å². The van der Waals surface area contributed by atoms with Crippen LogP contribution < -0.4 is 15.8 Å². The topological polar surface area (TPSA) is 84.2 Å². The SMILES string of the molecule is CCNC(=S)NS(=O)(=O)c1ccc(N)c2ccccc12. The van der Waals surface area contributed by atoms with Gasteiger partial charge in [0, 0.05) is 23.0 Å². The van der Waals surface area contributed by atoms with Gasteiger partial charge in [-0.1, -0.05) is 24.3 Å². The lowest BCUT2D eigenvalue weighted by Gasteiger charge is -2.12. The molecule has 0 radical (unpaired) electrons. The first-order chi connectivity index (χ1) is 9.45. The second-order valence-corrected chi connectivity index (χ2v) is 6.22. The Labute approximate surface area is 123 Å². The maximum atomic E-state index is 12.4. The first kappa shape index (κ1) is 14.5. The molecule has 2 rings (SSSR count). The molecular weight excluding hydrogens is 294 g/mol. The molecular formula is C13H15N3O2S2. The molecule has 0 unspecified atom stereocenters. The van der Waals surface area contributed by atoms with Crippen molar-refractivity contribution >= 4 is 43.8 Å². The molecule has 4 N–H and O–H groups in total. The van der Waals surface area contributed by atoms with Gasteiger partial charge in [-0.05, 0) is 31.3 Å². The van der Waals surface area contributed by atoms with E-state index in [1.807, 2.05) is 13.0 Å². The van der Waals surface area contributed by atoms with Gasteiger partial charge in [0.05, 0.1) is 4.90 Å². The molecule has 106 valence electrons. The van der Waals surface area contributed by atoms with Gasteiger partial charge in [0.1, 0.15) is 0 Å². The monoisotopic (exact) mass is 309 g/mol. The second kappa shape index (κ2) is 5.64. The van der Waals surface area contributed by atoms with Gasteiger partial charge in [0.25, 0.3) is 10.0 Å². The van der Waals surface area contributed by atoms with Crippen LogP contribution in [0.4, 0.5) is 5.69 Å². The summed E-state index contributed by atoms with van der Waals surface area (Å²) in [5.41, 5.74) is 6.40. The predicted molar refractivity (Wildman–Crippen MR) is 85.0 cm³/mol. The Morgan fingerprint density at radius 1 is 1.20 bits per heavy atom. The number of sulfonamides is 1.